The van der Waals surface area contributed by atoms with Gasteiger partial charge in [-0.15, -0.1) is 0 Å². The summed E-state index contributed by atoms with van der Waals surface area (Å²) in [6, 6.07) is 5.08. The van der Waals surface area contributed by atoms with Crippen molar-refractivity contribution in [1.82, 2.24) is 10.6 Å². The van der Waals surface area contributed by atoms with Crippen LogP contribution in [0.1, 0.15) is 31.9 Å². The van der Waals surface area contributed by atoms with Crippen molar-refractivity contribution in [2.45, 2.75) is 39.6 Å². The molecular weight excluding hydrogens is 347 g/mol. The molecular formula is C18H28F3N3O2. The largest absolute Gasteiger partial charge is 0.416 e. The average molecular weight is 375 g/mol. The number of alkyl halides is 3. The van der Waals surface area contributed by atoms with Gasteiger partial charge >= 0.3 is 6.18 Å². The number of aliphatic imine (C=N–C) groups is 1. The van der Waals surface area contributed by atoms with E-state index in [0.29, 0.717) is 30.6 Å². The summed E-state index contributed by atoms with van der Waals surface area (Å²) in [6.45, 7) is 7.62. The minimum Gasteiger partial charge on any atom is -0.389 e. The van der Waals surface area contributed by atoms with Gasteiger partial charge in [-0.2, -0.15) is 13.2 Å². The lowest BCUT2D eigenvalue weighted by atomic mass is 10.1. The Morgan fingerprint density at radius 3 is 2.58 bits per heavy atom. The van der Waals surface area contributed by atoms with Crippen LogP contribution in [-0.4, -0.2) is 43.5 Å². The molecule has 148 valence electrons. The van der Waals surface area contributed by atoms with E-state index in [-0.39, 0.29) is 19.7 Å². The third-order valence-corrected chi connectivity index (χ3v) is 3.28. The second-order valence-electron chi connectivity index (χ2n) is 6.36. The molecule has 1 atom stereocenters. The van der Waals surface area contributed by atoms with Crippen LogP contribution in [0.2, 0.25) is 0 Å². The van der Waals surface area contributed by atoms with Crippen molar-refractivity contribution in [3.8, 4) is 0 Å². The minimum atomic E-state index is -4.37. The molecule has 0 saturated carbocycles. The Morgan fingerprint density at radius 1 is 1.23 bits per heavy atom. The van der Waals surface area contributed by atoms with Crippen molar-refractivity contribution >= 4 is 5.96 Å². The van der Waals surface area contributed by atoms with Crippen molar-refractivity contribution < 1.29 is 23.0 Å². The van der Waals surface area contributed by atoms with E-state index in [0.717, 1.165) is 12.1 Å². The van der Waals surface area contributed by atoms with Gasteiger partial charge in [0.05, 0.1) is 24.8 Å². The molecule has 0 heterocycles. The first kappa shape index (κ1) is 22.2. The van der Waals surface area contributed by atoms with Crippen LogP contribution in [0, 0.1) is 5.92 Å². The summed E-state index contributed by atoms with van der Waals surface area (Å²) in [5.74, 6) is 0.814. The van der Waals surface area contributed by atoms with Gasteiger partial charge in [-0.05, 0) is 30.5 Å². The van der Waals surface area contributed by atoms with E-state index in [4.69, 9.17) is 4.74 Å². The second kappa shape index (κ2) is 11.0. The molecule has 1 aromatic rings. The number of aliphatic hydroxyl groups excluding tert-OH is 1. The molecule has 26 heavy (non-hydrogen) atoms. The molecule has 5 nitrogen and oxygen atoms in total. The van der Waals surface area contributed by atoms with Crippen LogP contribution in [0.3, 0.4) is 0 Å². The molecule has 1 unspecified atom stereocenters. The first-order valence-electron chi connectivity index (χ1n) is 8.66. The monoisotopic (exact) mass is 375 g/mol. The lowest BCUT2D eigenvalue weighted by Gasteiger charge is -2.16. The Balaban J connectivity index is 2.58. The predicted octanol–water partition coefficient (Wildman–Crippen LogP) is 2.79. The molecule has 0 radical (unpaired) electrons. The van der Waals surface area contributed by atoms with E-state index < -0.39 is 17.8 Å². The third-order valence-electron chi connectivity index (χ3n) is 3.28. The van der Waals surface area contributed by atoms with Gasteiger partial charge in [0.2, 0.25) is 0 Å². The standard InChI is InChI=1S/C18H28F3N3O2/c1-4-22-17(24-10-16(25)12-26-11-13(2)3)23-9-14-6-5-7-15(8-14)18(19,20)21/h5-8,13,16,25H,4,9-12H2,1-3H3,(H2,22,23,24). The van der Waals surface area contributed by atoms with E-state index in [9.17, 15) is 18.3 Å². The van der Waals surface area contributed by atoms with Crippen molar-refractivity contribution in [1.29, 1.82) is 0 Å². The summed E-state index contributed by atoms with van der Waals surface area (Å²) in [6.07, 6.45) is -5.08. The number of hydrogen-bond acceptors (Lipinski definition) is 3. The van der Waals surface area contributed by atoms with Gasteiger partial charge in [0.1, 0.15) is 0 Å². The van der Waals surface area contributed by atoms with Crippen LogP contribution >= 0.6 is 0 Å². The molecule has 0 aromatic heterocycles. The van der Waals surface area contributed by atoms with Gasteiger partial charge in [0.25, 0.3) is 0 Å². The van der Waals surface area contributed by atoms with Gasteiger partial charge in [-0.3, -0.25) is 0 Å². The summed E-state index contributed by atoms with van der Waals surface area (Å²) >= 11 is 0. The van der Waals surface area contributed by atoms with Gasteiger partial charge in [0, 0.05) is 19.7 Å². The van der Waals surface area contributed by atoms with Crippen LogP contribution in [0.4, 0.5) is 13.2 Å². The Kier molecular flexibility index (Phi) is 9.43. The molecule has 1 aromatic carbocycles. The average Bonchev–Trinajstić information content (AvgIpc) is 2.56. The van der Waals surface area contributed by atoms with Crippen LogP contribution in [0.15, 0.2) is 29.3 Å². The number of benzene rings is 1. The summed E-state index contributed by atoms with van der Waals surface area (Å²) in [7, 11) is 0. The normalized spacial score (nSPS) is 13.8. The molecule has 0 saturated heterocycles. The zero-order valence-electron chi connectivity index (χ0n) is 15.4. The van der Waals surface area contributed by atoms with E-state index in [1.54, 1.807) is 6.07 Å². The minimum absolute atomic E-state index is 0.0964. The maximum atomic E-state index is 12.7. The maximum absolute atomic E-state index is 12.7. The highest BCUT2D eigenvalue weighted by Gasteiger charge is 2.30. The third kappa shape index (κ3) is 9.05. The number of halogens is 3. The number of nitrogens with one attached hydrogen (secondary N) is 2. The zero-order chi connectivity index (χ0) is 19.6. The van der Waals surface area contributed by atoms with Crippen molar-refractivity contribution in [2.75, 3.05) is 26.3 Å². The van der Waals surface area contributed by atoms with Gasteiger partial charge < -0.3 is 20.5 Å². The topological polar surface area (TPSA) is 65.9 Å². The summed E-state index contributed by atoms with van der Waals surface area (Å²) in [5, 5.41) is 15.8. The van der Waals surface area contributed by atoms with E-state index >= 15 is 0 Å². The molecule has 0 aliphatic rings. The lowest BCUT2D eigenvalue weighted by molar-refractivity contribution is -0.137. The Labute approximate surface area is 152 Å². The van der Waals surface area contributed by atoms with Crippen molar-refractivity contribution in [2.24, 2.45) is 10.9 Å². The van der Waals surface area contributed by atoms with Crippen LogP contribution < -0.4 is 10.6 Å². The number of hydrogen-bond donors (Lipinski definition) is 3. The van der Waals surface area contributed by atoms with E-state index in [1.807, 2.05) is 20.8 Å². The molecule has 0 bridgehead atoms. The van der Waals surface area contributed by atoms with Crippen molar-refractivity contribution in [3.05, 3.63) is 35.4 Å². The fourth-order valence-corrected chi connectivity index (χ4v) is 2.07. The van der Waals surface area contributed by atoms with Gasteiger partial charge in [-0.1, -0.05) is 26.0 Å². The first-order chi connectivity index (χ1) is 12.2. The van der Waals surface area contributed by atoms with Crippen molar-refractivity contribution in [3.63, 3.8) is 0 Å². The molecule has 0 aliphatic heterocycles. The maximum Gasteiger partial charge on any atom is 0.416 e. The van der Waals surface area contributed by atoms with Gasteiger partial charge in [-0.25, -0.2) is 4.99 Å². The molecule has 0 spiro atoms. The SMILES string of the molecule is CCNC(=NCc1cccc(C(F)(F)F)c1)NCC(O)COCC(C)C. The molecule has 0 fully saturated rings. The van der Waals surface area contributed by atoms with Crippen LogP contribution in [-0.2, 0) is 17.5 Å². The van der Waals surface area contributed by atoms with E-state index in [2.05, 4.69) is 15.6 Å². The zero-order valence-corrected chi connectivity index (χ0v) is 15.4. The fraction of sp³-hybridized carbons (Fsp3) is 0.611. The molecule has 3 N–H and O–H groups in total. The molecule has 8 heteroatoms. The number of nitrogens with zero attached hydrogens (tertiary/aromatic N) is 1. The number of ether oxygens (including phenoxy) is 1. The highest BCUT2D eigenvalue weighted by atomic mass is 19.4. The molecule has 1 rings (SSSR count). The molecule has 0 amide bonds. The summed E-state index contributed by atoms with van der Waals surface area (Å²) in [5.41, 5.74) is -0.237. The second-order valence-corrected chi connectivity index (χ2v) is 6.36. The van der Waals surface area contributed by atoms with Gasteiger partial charge in [0.15, 0.2) is 5.96 Å². The Morgan fingerprint density at radius 2 is 1.96 bits per heavy atom. The smallest absolute Gasteiger partial charge is 0.389 e. The highest BCUT2D eigenvalue weighted by Crippen LogP contribution is 2.29. The lowest BCUT2D eigenvalue weighted by Crippen LogP contribution is -2.42. The highest BCUT2D eigenvalue weighted by molar-refractivity contribution is 5.79. The Bertz CT molecular complexity index is 563. The van der Waals surface area contributed by atoms with Crippen LogP contribution in [0.5, 0.6) is 0 Å². The fourth-order valence-electron chi connectivity index (χ4n) is 2.07. The number of guanidine groups is 1. The number of aliphatic hydroxyl groups is 1. The number of rotatable bonds is 9. The molecule has 0 aliphatic carbocycles. The summed E-state index contributed by atoms with van der Waals surface area (Å²) in [4.78, 5) is 4.26. The van der Waals surface area contributed by atoms with Crippen LogP contribution in [0.25, 0.3) is 0 Å². The predicted molar refractivity (Wildman–Crippen MR) is 95.9 cm³/mol. The first-order valence-corrected chi connectivity index (χ1v) is 8.66. The quantitative estimate of drug-likeness (QED) is 0.459. The van der Waals surface area contributed by atoms with E-state index in [1.165, 1.54) is 6.07 Å². The Hall–Kier alpha value is -1.80. The summed E-state index contributed by atoms with van der Waals surface area (Å²) < 4.78 is 43.6.